The third kappa shape index (κ3) is 3.95. The topological polar surface area (TPSA) is 49.6 Å². The molecular formula is C16H33N3O. The van der Waals surface area contributed by atoms with Gasteiger partial charge in [-0.3, -0.25) is 4.79 Å². The van der Waals surface area contributed by atoms with Crippen molar-refractivity contribution >= 4 is 5.91 Å². The van der Waals surface area contributed by atoms with E-state index < -0.39 is 0 Å². The first-order valence-electron chi connectivity index (χ1n) is 8.16. The van der Waals surface area contributed by atoms with Crippen LogP contribution in [-0.2, 0) is 4.79 Å². The van der Waals surface area contributed by atoms with Crippen molar-refractivity contribution in [2.45, 2.75) is 58.4 Å². The van der Waals surface area contributed by atoms with E-state index in [9.17, 15) is 4.79 Å². The Morgan fingerprint density at radius 3 is 2.35 bits per heavy atom. The summed E-state index contributed by atoms with van der Waals surface area (Å²) in [5.74, 6) is 0.313. The molecule has 1 atom stereocenters. The number of likely N-dealkylation sites (N-methyl/N-ethyl adjacent to an activating group) is 1. The molecule has 0 aromatic heterocycles. The van der Waals surface area contributed by atoms with Gasteiger partial charge in [-0.05, 0) is 39.8 Å². The van der Waals surface area contributed by atoms with Crippen molar-refractivity contribution in [3.05, 3.63) is 0 Å². The standard InChI is InChI=1S/C16H33N3O/c1-5-9-16(13-17,10-6-2)15(20)19-11-7-8-14(19)12-18(3)4/h14H,5-13,17H2,1-4H3. The van der Waals surface area contributed by atoms with E-state index in [2.05, 4.69) is 37.7 Å². The van der Waals surface area contributed by atoms with Crippen LogP contribution < -0.4 is 5.73 Å². The van der Waals surface area contributed by atoms with Crippen molar-refractivity contribution in [2.24, 2.45) is 11.1 Å². The van der Waals surface area contributed by atoms with Crippen molar-refractivity contribution in [1.29, 1.82) is 0 Å². The molecule has 1 saturated heterocycles. The van der Waals surface area contributed by atoms with Gasteiger partial charge in [0.2, 0.25) is 5.91 Å². The van der Waals surface area contributed by atoms with Crippen LogP contribution in [-0.4, -0.2) is 55.5 Å². The normalized spacial score (nSPS) is 19.9. The second-order valence-corrected chi connectivity index (χ2v) is 6.54. The van der Waals surface area contributed by atoms with Crippen molar-refractivity contribution in [3.63, 3.8) is 0 Å². The Labute approximate surface area is 124 Å². The summed E-state index contributed by atoms with van der Waals surface area (Å²) >= 11 is 0. The van der Waals surface area contributed by atoms with Gasteiger partial charge in [0, 0.05) is 25.7 Å². The molecule has 0 bridgehead atoms. The molecular weight excluding hydrogens is 250 g/mol. The minimum absolute atomic E-state index is 0.313. The predicted octanol–water partition coefficient (Wildman–Crippen LogP) is 2.08. The summed E-state index contributed by atoms with van der Waals surface area (Å²) in [6, 6.07) is 0.372. The summed E-state index contributed by atoms with van der Waals surface area (Å²) in [5.41, 5.74) is 5.72. The number of amides is 1. The molecule has 20 heavy (non-hydrogen) atoms. The third-order valence-electron chi connectivity index (χ3n) is 4.52. The van der Waals surface area contributed by atoms with Gasteiger partial charge in [0.25, 0.3) is 0 Å². The number of hydrogen-bond donors (Lipinski definition) is 1. The van der Waals surface area contributed by atoms with Gasteiger partial charge in [-0.1, -0.05) is 26.7 Å². The molecule has 1 rings (SSSR count). The predicted molar refractivity (Wildman–Crippen MR) is 84.6 cm³/mol. The lowest BCUT2D eigenvalue weighted by Crippen LogP contribution is -2.51. The highest BCUT2D eigenvalue weighted by Gasteiger charge is 2.42. The molecule has 0 saturated carbocycles. The molecule has 1 aliphatic rings. The number of nitrogens with two attached hydrogens (primary N) is 1. The smallest absolute Gasteiger partial charge is 0.230 e. The molecule has 0 aromatic carbocycles. The largest absolute Gasteiger partial charge is 0.338 e. The molecule has 2 N–H and O–H groups in total. The van der Waals surface area contributed by atoms with E-state index in [1.165, 1.54) is 0 Å². The summed E-state index contributed by atoms with van der Waals surface area (Å²) in [6.07, 6.45) is 6.14. The highest BCUT2D eigenvalue weighted by Crippen LogP contribution is 2.34. The lowest BCUT2D eigenvalue weighted by Gasteiger charge is -2.38. The SMILES string of the molecule is CCCC(CN)(CCC)C(=O)N1CCCC1CN(C)C. The monoisotopic (exact) mass is 283 g/mol. The Balaban J connectivity index is 2.87. The molecule has 0 radical (unpaired) electrons. The third-order valence-corrected chi connectivity index (χ3v) is 4.52. The number of carbonyl (C=O) groups excluding carboxylic acids is 1. The van der Waals surface area contributed by atoms with Gasteiger partial charge < -0.3 is 15.5 Å². The first kappa shape index (κ1) is 17.4. The maximum Gasteiger partial charge on any atom is 0.230 e. The van der Waals surface area contributed by atoms with Crippen LogP contribution in [0.4, 0.5) is 0 Å². The van der Waals surface area contributed by atoms with Crippen LogP contribution in [0.15, 0.2) is 0 Å². The van der Waals surface area contributed by atoms with Gasteiger partial charge in [0.05, 0.1) is 5.41 Å². The van der Waals surface area contributed by atoms with Crippen molar-refractivity contribution in [2.75, 3.05) is 33.7 Å². The van der Waals surface area contributed by atoms with Gasteiger partial charge in [-0.25, -0.2) is 0 Å². The summed E-state index contributed by atoms with van der Waals surface area (Å²) in [4.78, 5) is 17.4. The molecule has 0 spiro atoms. The minimum Gasteiger partial charge on any atom is -0.338 e. The number of nitrogens with zero attached hydrogens (tertiary/aromatic N) is 2. The quantitative estimate of drug-likeness (QED) is 0.742. The second-order valence-electron chi connectivity index (χ2n) is 6.54. The Morgan fingerprint density at radius 2 is 1.90 bits per heavy atom. The summed E-state index contributed by atoms with van der Waals surface area (Å²) in [5, 5.41) is 0. The van der Waals surface area contributed by atoms with E-state index in [0.29, 0.717) is 18.5 Å². The van der Waals surface area contributed by atoms with E-state index >= 15 is 0 Å². The fourth-order valence-corrected chi connectivity index (χ4v) is 3.61. The first-order chi connectivity index (χ1) is 9.50. The van der Waals surface area contributed by atoms with E-state index in [4.69, 9.17) is 5.73 Å². The Morgan fingerprint density at radius 1 is 1.30 bits per heavy atom. The van der Waals surface area contributed by atoms with Crippen LogP contribution in [0.3, 0.4) is 0 Å². The molecule has 1 amide bonds. The molecule has 1 fully saturated rings. The summed E-state index contributed by atoms with van der Waals surface area (Å²) in [6.45, 7) is 6.65. The first-order valence-corrected chi connectivity index (χ1v) is 8.16. The highest BCUT2D eigenvalue weighted by molar-refractivity contribution is 5.83. The molecule has 1 unspecified atom stereocenters. The Hall–Kier alpha value is -0.610. The van der Waals surface area contributed by atoms with Crippen LogP contribution in [0.2, 0.25) is 0 Å². The van der Waals surface area contributed by atoms with Crippen molar-refractivity contribution in [1.82, 2.24) is 9.80 Å². The lowest BCUT2D eigenvalue weighted by atomic mass is 9.77. The Bertz CT molecular complexity index is 298. The van der Waals surface area contributed by atoms with E-state index in [1.54, 1.807) is 0 Å². The van der Waals surface area contributed by atoms with Crippen LogP contribution >= 0.6 is 0 Å². The van der Waals surface area contributed by atoms with Gasteiger partial charge in [-0.2, -0.15) is 0 Å². The van der Waals surface area contributed by atoms with E-state index in [1.807, 2.05) is 0 Å². The zero-order valence-corrected chi connectivity index (χ0v) is 13.8. The zero-order chi connectivity index (χ0) is 15.2. The fraction of sp³-hybridized carbons (Fsp3) is 0.938. The molecule has 118 valence electrons. The second kappa shape index (κ2) is 7.99. The van der Waals surface area contributed by atoms with Crippen LogP contribution in [0.5, 0.6) is 0 Å². The average Bonchev–Trinajstić information content (AvgIpc) is 2.84. The molecule has 4 nitrogen and oxygen atoms in total. The van der Waals surface area contributed by atoms with Gasteiger partial charge in [0.1, 0.15) is 0 Å². The highest BCUT2D eigenvalue weighted by atomic mass is 16.2. The minimum atomic E-state index is -0.321. The average molecular weight is 283 g/mol. The van der Waals surface area contributed by atoms with Gasteiger partial charge in [-0.15, -0.1) is 0 Å². The van der Waals surface area contributed by atoms with Crippen molar-refractivity contribution < 1.29 is 4.79 Å². The van der Waals surface area contributed by atoms with Crippen LogP contribution in [0.25, 0.3) is 0 Å². The van der Waals surface area contributed by atoms with Crippen LogP contribution in [0.1, 0.15) is 52.4 Å². The van der Waals surface area contributed by atoms with Gasteiger partial charge >= 0.3 is 0 Å². The molecule has 0 aromatic rings. The summed E-state index contributed by atoms with van der Waals surface area (Å²) < 4.78 is 0. The number of hydrogen-bond acceptors (Lipinski definition) is 3. The van der Waals surface area contributed by atoms with Crippen LogP contribution in [0, 0.1) is 5.41 Å². The number of likely N-dealkylation sites (tertiary alicyclic amines) is 1. The van der Waals surface area contributed by atoms with Crippen molar-refractivity contribution in [3.8, 4) is 0 Å². The zero-order valence-electron chi connectivity index (χ0n) is 13.8. The molecule has 4 heteroatoms. The molecule has 1 heterocycles. The maximum absolute atomic E-state index is 13.1. The summed E-state index contributed by atoms with van der Waals surface area (Å²) in [7, 11) is 4.16. The maximum atomic E-state index is 13.1. The van der Waals surface area contributed by atoms with Gasteiger partial charge in [0.15, 0.2) is 0 Å². The van der Waals surface area contributed by atoms with E-state index in [-0.39, 0.29) is 5.41 Å². The number of rotatable bonds is 8. The number of carbonyl (C=O) groups is 1. The lowest BCUT2D eigenvalue weighted by molar-refractivity contribution is -0.143. The molecule has 1 aliphatic heterocycles. The van der Waals surface area contributed by atoms with E-state index in [0.717, 1.165) is 51.6 Å². The Kier molecular flexibility index (Phi) is 6.96. The molecule has 0 aliphatic carbocycles. The fourth-order valence-electron chi connectivity index (χ4n) is 3.61.